The molecule has 2 rings (SSSR count). The van der Waals surface area contributed by atoms with Crippen LogP contribution in [0.4, 0.5) is 5.13 Å². The Hall–Kier alpha value is -1.72. The van der Waals surface area contributed by atoms with Crippen LogP contribution in [0.5, 0.6) is 0 Å². The molecule has 0 atom stereocenters. The molecule has 4 nitrogen and oxygen atoms in total. The summed E-state index contributed by atoms with van der Waals surface area (Å²) >= 11 is 7.16. The van der Waals surface area contributed by atoms with E-state index in [4.69, 9.17) is 11.6 Å². The average Bonchev–Trinajstić information content (AvgIpc) is 2.82. The summed E-state index contributed by atoms with van der Waals surface area (Å²) in [6, 6.07) is 6.64. The first kappa shape index (κ1) is 14.7. The normalized spacial score (nSPS) is 10.3. The number of hydrogen-bond acceptors (Lipinski definition) is 4. The SMILES string of the molecule is Cc1cnc(NC(=O)CCC(=O)c2ccc(Cl)cc2)s1. The lowest BCUT2D eigenvalue weighted by Crippen LogP contribution is -2.13. The Balaban J connectivity index is 1.84. The number of benzene rings is 1. The average molecular weight is 309 g/mol. The minimum Gasteiger partial charge on any atom is -0.302 e. The molecule has 1 N–H and O–H groups in total. The molecule has 0 unspecified atom stereocenters. The van der Waals surface area contributed by atoms with E-state index in [0.29, 0.717) is 15.7 Å². The van der Waals surface area contributed by atoms with Gasteiger partial charge in [-0.05, 0) is 31.2 Å². The van der Waals surface area contributed by atoms with Crippen LogP contribution in [0.2, 0.25) is 5.02 Å². The number of Topliss-reactive ketones (excluding diaryl/α,β-unsaturated/α-hetero) is 1. The van der Waals surface area contributed by atoms with Crippen molar-refractivity contribution in [3.05, 3.63) is 45.9 Å². The number of halogens is 1. The number of thiazole rings is 1. The van der Waals surface area contributed by atoms with Gasteiger partial charge in [0.2, 0.25) is 5.91 Å². The maximum atomic E-state index is 11.9. The van der Waals surface area contributed by atoms with Crippen LogP contribution in [-0.4, -0.2) is 16.7 Å². The Morgan fingerprint density at radius 3 is 2.55 bits per heavy atom. The predicted octanol–water partition coefficient (Wildman–Crippen LogP) is 3.71. The van der Waals surface area contributed by atoms with Crippen molar-refractivity contribution >= 4 is 39.8 Å². The molecular formula is C14H13ClN2O2S. The highest BCUT2D eigenvalue weighted by Crippen LogP contribution is 2.17. The second kappa shape index (κ2) is 6.63. The minimum atomic E-state index is -0.207. The van der Waals surface area contributed by atoms with Crippen molar-refractivity contribution in [1.82, 2.24) is 4.98 Å². The molecule has 1 aromatic carbocycles. The number of carbonyl (C=O) groups is 2. The summed E-state index contributed by atoms with van der Waals surface area (Å²) in [5, 5.41) is 3.82. The standard InChI is InChI=1S/C14H13ClN2O2S/c1-9-8-16-14(20-9)17-13(19)7-6-12(18)10-2-4-11(15)5-3-10/h2-5,8H,6-7H2,1H3,(H,16,17,19). The Bertz CT molecular complexity index is 622. The summed E-state index contributed by atoms with van der Waals surface area (Å²) in [5.41, 5.74) is 0.562. The Kier molecular flexibility index (Phi) is 4.87. The molecule has 1 amide bonds. The lowest BCUT2D eigenvalue weighted by atomic mass is 10.1. The number of nitrogens with zero attached hydrogens (tertiary/aromatic N) is 1. The molecule has 6 heteroatoms. The maximum absolute atomic E-state index is 11.9. The summed E-state index contributed by atoms with van der Waals surface area (Å²) < 4.78 is 0. The van der Waals surface area contributed by atoms with Crippen molar-refractivity contribution in [1.29, 1.82) is 0 Å². The van der Waals surface area contributed by atoms with Gasteiger partial charge in [-0.2, -0.15) is 0 Å². The fraction of sp³-hybridized carbons (Fsp3) is 0.214. The first-order valence-corrected chi connectivity index (χ1v) is 7.25. The van der Waals surface area contributed by atoms with Crippen LogP contribution in [0, 0.1) is 6.92 Å². The van der Waals surface area contributed by atoms with Crippen LogP contribution < -0.4 is 5.32 Å². The van der Waals surface area contributed by atoms with Crippen LogP contribution in [0.1, 0.15) is 28.1 Å². The molecule has 0 bridgehead atoms. The van der Waals surface area contributed by atoms with Crippen LogP contribution in [0.3, 0.4) is 0 Å². The van der Waals surface area contributed by atoms with E-state index in [-0.39, 0.29) is 24.5 Å². The molecule has 0 radical (unpaired) electrons. The zero-order valence-corrected chi connectivity index (χ0v) is 12.4. The van der Waals surface area contributed by atoms with E-state index >= 15 is 0 Å². The molecule has 0 saturated heterocycles. The monoisotopic (exact) mass is 308 g/mol. The van der Waals surface area contributed by atoms with Gasteiger partial charge in [-0.3, -0.25) is 9.59 Å². The number of ketones is 1. The largest absolute Gasteiger partial charge is 0.302 e. The molecule has 0 saturated carbocycles. The van der Waals surface area contributed by atoms with Gasteiger partial charge < -0.3 is 5.32 Å². The topological polar surface area (TPSA) is 59.1 Å². The molecule has 20 heavy (non-hydrogen) atoms. The second-order valence-corrected chi connectivity index (χ2v) is 5.93. The number of amides is 1. The zero-order valence-electron chi connectivity index (χ0n) is 10.9. The highest BCUT2D eigenvalue weighted by Gasteiger charge is 2.10. The molecule has 0 spiro atoms. The molecule has 2 aromatic rings. The number of carbonyl (C=O) groups excluding carboxylic acids is 2. The summed E-state index contributed by atoms with van der Waals surface area (Å²) in [6.07, 6.45) is 2.00. The van der Waals surface area contributed by atoms with E-state index in [1.807, 2.05) is 6.92 Å². The zero-order chi connectivity index (χ0) is 14.5. The molecule has 0 aliphatic rings. The lowest BCUT2D eigenvalue weighted by molar-refractivity contribution is -0.116. The van der Waals surface area contributed by atoms with E-state index in [0.717, 1.165) is 4.88 Å². The molecule has 104 valence electrons. The predicted molar refractivity (Wildman–Crippen MR) is 80.5 cm³/mol. The fourth-order valence-corrected chi connectivity index (χ4v) is 2.41. The Labute approximate surface area is 125 Å². The smallest absolute Gasteiger partial charge is 0.226 e. The maximum Gasteiger partial charge on any atom is 0.226 e. The van der Waals surface area contributed by atoms with Crippen molar-refractivity contribution in [3.8, 4) is 0 Å². The second-order valence-electron chi connectivity index (χ2n) is 4.25. The third kappa shape index (κ3) is 4.15. The third-order valence-corrected chi connectivity index (χ3v) is 3.69. The van der Waals surface area contributed by atoms with Gasteiger partial charge in [0.15, 0.2) is 10.9 Å². The van der Waals surface area contributed by atoms with E-state index in [2.05, 4.69) is 10.3 Å². The van der Waals surface area contributed by atoms with Crippen molar-refractivity contribution in [2.45, 2.75) is 19.8 Å². The molecule has 0 fully saturated rings. The van der Waals surface area contributed by atoms with E-state index in [1.165, 1.54) is 11.3 Å². The number of rotatable bonds is 5. The lowest BCUT2D eigenvalue weighted by Gasteiger charge is -2.02. The van der Waals surface area contributed by atoms with Gasteiger partial charge in [0.25, 0.3) is 0 Å². The van der Waals surface area contributed by atoms with E-state index in [9.17, 15) is 9.59 Å². The highest BCUT2D eigenvalue weighted by molar-refractivity contribution is 7.15. The molecular weight excluding hydrogens is 296 g/mol. The molecule has 1 aromatic heterocycles. The van der Waals surface area contributed by atoms with Crippen LogP contribution >= 0.6 is 22.9 Å². The summed E-state index contributed by atoms with van der Waals surface area (Å²) in [6.45, 7) is 1.91. The Morgan fingerprint density at radius 1 is 1.25 bits per heavy atom. The van der Waals surface area contributed by atoms with E-state index < -0.39 is 0 Å². The number of aromatic nitrogens is 1. The Morgan fingerprint density at radius 2 is 1.95 bits per heavy atom. The summed E-state index contributed by atoms with van der Waals surface area (Å²) in [5.74, 6) is -0.284. The van der Waals surface area contributed by atoms with Crippen molar-refractivity contribution < 1.29 is 9.59 Å². The highest BCUT2D eigenvalue weighted by atomic mass is 35.5. The molecule has 0 aliphatic carbocycles. The third-order valence-electron chi connectivity index (χ3n) is 2.61. The quantitative estimate of drug-likeness (QED) is 0.857. The molecule has 1 heterocycles. The first-order chi connectivity index (χ1) is 9.54. The first-order valence-electron chi connectivity index (χ1n) is 6.05. The van der Waals surface area contributed by atoms with Gasteiger partial charge in [-0.15, -0.1) is 11.3 Å². The van der Waals surface area contributed by atoms with Crippen LogP contribution in [0.25, 0.3) is 0 Å². The van der Waals surface area contributed by atoms with Crippen LogP contribution in [-0.2, 0) is 4.79 Å². The molecule has 0 aliphatic heterocycles. The van der Waals surface area contributed by atoms with Gasteiger partial charge in [0.1, 0.15) is 0 Å². The van der Waals surface area contributed by atoms with Gasteiger partial charge >= 0.3 is 0 Å². The van der Waals surface area contributed by atoms with Gasteiger partial charge in [-0.1, -0.05) is 11.6 Å². The number of aryl methyl sites for hydroxylation is 1. The van der Waals surface area contributed by atoms with Crippen molar-refractivity contribution in [3.63, 3.8) is 0 Å². The van der Waals surface area contributed by atoms with Gasteiger partial charge in [-0.25, -0.2) is 4.98 Å². The number of hydrogen-bond donors (Lipinski definition) is 1. The van der Waals surface area contributed by atoms with Crippen molar-refractivity contribution in [2.75, 3.05) is 5.32 Å². The van der Waals surface area contributed by atoms with Gasteiger partial charge in [0.05, 0.1) is 0 Å². The minimum absolute atomic E-state index is 0.0767. The van der Waals surface area contributed by atoms with Crippen LogP contribution in [0.15, 0.2) is 30.5 Å². The number of nitrogens with one attached hydrogen (secondary N) is 1. The summed E-state index contributed by atoms with van der Waals surface area (Å²) in [4.78, 5) is 28.6. The fourth-order valence-electron chi connectivity index (χ4n) is 1.60. The van der Waals surface area contributed by atoms with Gasteiger partial charge in [0, 0.05) is 34.5 Å². The van der Waals surface area contributed by atoms with E-state index in [1.54, 1.807) is 30.5 Å². The van der Waals surface area contributed by atoms with Crippen molar-refractivity contribution in [2.24, 2.45) is 0 Å². The summed E-state index contributed by atoms with van der Waals surface area (Å²) in [7, 11) is 0. The number of anilines is 1.